The number of fused-ring (bicyclic) bond motifs is 1. The van der Waals surface area contributed by atoms with Crippen molar-refractivity contribution in [2.75, 3.05) is 20.2 Å². The Hall–Kier alpha value is -2.39. The van der Waals surface area contributed by atoms with Crippen LogP contribution in [0.15, 0.2) is 22.8 Å². The summed E-state index contributed by atoms with van der Waals surface area (Å²) >= 11 is 1.40. The number of aryl methyl sites for hydroxylation is 1. The first-order valence-electron chi connectivity index (χ1n) is 8.48. The van der Waals surface area contributed by atoms with Crippen LogP contribution in [0.4, 0.5) is 0 Å². The van der Waals surface area contributed by atoms with Gasteiger partial charge in [0, 0.05) is 13.1 Å². The third kappa shape index (κ3) is 2.86. The summed E-state index contributed by atoms with van der Waals surface area (Å²) in [6, 6.07) is 3.50. The Morgan fingerprint density at radius 3 is 2.85 bits per heavy atom. The number of rotatable bonds is 4. The van der Waals surface area contributed by atoms with Gasteiger partial charge in [0.05, 0.1) is 24.2 Å². The molecule has 0 bridgehead atoms. The van der Waals surface area contributed by atoms with Gasteiger partial charge in [0.1, 0.15) is 17.6 Å². The number of thiazole rings is 1. The quantitative estimate of drug-likeness (QED) is 0.699. The van der Waals surface area contributed by atoms with Crippen LogP contribution in [0.3, 0.4) is 0 Å². The van der Waals surface area contributed by atoms with Gasteiger partial charge in [0.2, 0.25) is 10.8 Å². The highest BCUT2D eigenvalue weighted by molar-refractivity contribution is 7.17. The number of ether oxygens (including phenoxy) is 1. The molecule has 1 saturated heterocycles. The van der Waals surface area contributed by atoms with Gasteiger partial charge in [-0.2, -0.15) is 4.52 Å². The fraction of sp³-hybridized carbons (Fsp3) is 0.471. The Bertz CT molecular complexity index is 909. The Morgan fingerprint density at radius 2 is 2.23 bits per heavy atom. The summed E-state index contributed by atoms with van der Waals surface area (Å²) in [6.45, 7) is 3.20. The predicted molar refractivity (Wildman–Crippen MR) is 94.1 cm³/mol. The number of aromatic nitrogens is 3. The number of methoxy groups -OCH3 is 1. The number of nitrogens with zero attached hydrogens (tertiary/aromatic N) is 4. The molecule has 0 saturated carbocycles. The Morgan fingerprint density at radius 1 is 1.46 bits per heavy atom. The molecule has 9 heteroatoms. The van der Waals surface area contributed by atoms with Crippen molar-refractivity contribution in [3.63, 3.8) is 0 Å². The minimum Gasteiger partial charge on any atom is -0.492 e. The number of hydrogen-bond donors (Lipinski definition) is 1. The molecule has 1 fully saturated rings. The molecule has 1 atom stereocenters. The molecule has 3 aromatic rings. The zero-order chi connectivity index (χ0) is 18.3. The molecule has 4 rings (SSSR count). The van der Waals surface area contributed by atoms with Crippen molar-refractivity contribution in [3.05, 3.63) is 34.9 Å². The van der Waals surface area contributed by atoms with Crippen LogP contribution in [0.5, 0.6) is 5.88 Å². The normalized spacial score (nSPS) is 17.6. The molecule has 1 aliphatic heterocycles. The largest absolute Gasteiger partial charge is 0.492 e. The molecule has 0 aromatic carbocycles. The minimum atomic E-state index is -0.239. The SMILES string of the molecule is COC(=O)C1CCN(C(c2ccco2)c2sc3nc(C)nn3c2O)CC1. The maximum absolute atomic E-state index is 11.8. The minimum absolute atomic E-state index is 0.0768. The topological polar surface area (TPSA) is 93.1 Å². The molecule has 3 aromatic heterocycles. The monoisotopic (exact) mass is 376 g/mol. The van der Waals surface area contributed by atoms with Crippen molar-refractivity contribution in [1.29, 1.82) is 0 Å². The zero-order valence-electron chi connectivity index (χ0n) is 14.6. The molecule has 1 N–H and O–H groups in total. The lowest BCUT2D eigenvalue weighted by atomic mass is 9.95. The van der Waals surface area contributed by atoms with Crippen molar-refractivity contribution < 1.29 is 19.1 Å². The summed E-state index contributed by atoms with van der Waals surface area (Å²) in [5, 5.41) is 15.0. The molecular weight excluding hydrogens is 356 g/mol. The van der Waals surface area contributed by atoms with E-state index in [0.29, 0.717) is 36.7 Å². The summed E-state index contributed by atoms with van der Waals surface area (Å²) < 4.78 is 12.0. The van der Waals surface area contributed by atoms with Crippen LogP contribution in [0.1, 0.15) is 35.3 Å². The van der Waals surface area contributed by atoms with Gasteiger partial charge in [-0.05, 0) is 31.9 Å². The molecule has 0 amide bonds. The van der Waals surface area contributed by atoms with Gasteiger partial charge in [-0.1, -0.05) is 11.3 Å². The summed E-state index contributed by atoms with van der Waals surface area (Å²) in [5.41, 5.74) is 0. The Balaban J connectivity index is 1.66. The average Bonchev–Trinajstić information content (AvgIpc) is 3.35. The maximum Gasteiger partial charge on any atom is 0.308 e. The fourth-order valence-electron chi connectivity index (χ4n) is 3.51. The second-order valence-corrected chi connectivity index (χ2v) is 7.40. The summed E-state index contributed by atoms with van der Waals surface area (Å²) in [7, 11) is 1.43. The van der Waals surface area contributed by atoms with Crippen LogP contribution in [-0.4, -0.2) is 50.8 Å². The van der Waals surface area contributed by atoms with E-state index in [-0.39, 0.29) is 23.8 Å². The van der Waals surface area contributed by atoms with Gasteiger partial charge in [-0.15, -0.1) is 5.10 Å². The van der Waals surface area contributed by atoms with E-state index in [1.54, 1.807) is 13.2 Å². The van der Waals surface area contributed by atoms with E-state index in [2.05, 4.69) is 15.0 Å². The van der Waals surface area contributed by atoms with E-state index >= 15 is 0 Å². The van der Waals surface area contributed by atoms with Crippen LogP contribution in [0.2, 0.25) is 0 Å². The molecule has 1 unspecified atom stereocenters. The van der Waals surface area contributed by atoms with Crippen molar-refractivity contribution in [3.8, 4) is 5.88 Å². The summed E-state index contributed by atoms with van der Waals surface area (Å²) in [4.78, 5) is 19.8. The number of piperidine rings is 1. The summed E-state index contributed by atoms with van der Waals surface area (Å²) in [5.74, 6) is 1.22. The van der Waals surface area contributed by atoms with Gasteiger partial charge in [-0.25, -0.2) is 4.98 Å². The molecular formula is C17H20N4O4S. The van der Waals surface area contributed by atoms with Crippen molar-refractivity contribution in [2.45, 2.75) is 25.8 Å². The molecule has 4 heterocycles. The molecule has 0 aliphatic carbocycles. The molecule has 8 nitrogen and oxygen atoms in total. The lowest BCUT2D eigenvalue weighted by molar-refractivity contribution is -0.147. The van der Waals surface area contributed by atoms with Crippen LogP contribution >= 0.6 is 11.3 Å². The predicted octanol–water partition coefficient (Wildman–Crippen LogP) is 2.37. The molecule has 1 aliphatic rings. The number of esters is 1. The van der Waals surface area contributed by atoms with Crippen LogP contribution < -0.4 is 0 Å². The first-order chi connectivity index (χ1) is 12.6. The average molecular weight is 376 g/mol. The lowest BCUT2D eigenvalue weighted by Crippen LogP contribution is -2.39. The number of furan rings is 1. The van der Waals surface area contributed by atoms with Crippen molar-refractivity contribution in [2.24, 2.45) is 5.92 Å². The highest BCUT2D eigenvalue weighted by atomic mass is 32.1. The van der Waals surface area contributed by atoms with E-state index in [9.17, 15) is 9.90 Å². The van der Waals surface area contributed by atoms with Gasteiger partial charge in [0.15, 0.2) is 0 Å². The Labute approximate surface area is 154 Å². The van der Waals surface area contributed by atoms with Crippen LogP contribution in [0, 0.1) is 12.8 Å². The van der Waals surface area contributed by atoms with E-state index in [4.69, 9.17) is 9.15 Å². The third-order valence-corrected chi connectivity index (χ3v) is 5.87. The van der Waals surface area contributed by atoms with Gasteiger partial charge in [-0.3, -0.25) is 9.69 Å². The number of likely N-dealkylation sites (tertiary alicyclic amines) is 1. The fourth-order valence-corrected chi connectivity index (χ4v) is 4.65. The molecule has 26 heavy (non-hydrogen) atoms. The van der Waals surface area contributed by atoms with Crippen molar-refractivity contribution >= 4 is 22.3 Å². The Kier molecular flexibility index (Phi) is 4.41. The maximum atomic E-state index is 11.8. The van der Waals surface area contributed by atoms with Gasteiger partial charge >= 0.3 is 5.97 Å². The number of aromatic hydroxyl groups is 1. The smallest absolute Gasteiger partial charge is 0.308 e. The zero-order valence-corrected chi connectivity index (χ0v) is 15.4. The highest BCUT2D eigenvalue weighted by Gasteiger charge is 2.35. The first kappa shape index (κ1) is 17.0. The van der Waals surface area contributed by atoms with E-state index < -0.39 is 0 Å². The van der Waals surface area contributed by atoms with E-state index in [1.165, 1.54) is 23.0 Å². The second-order valence-electron chi connectivity index (χ2n) is 6.39. The molecule has 0 spiro atoms. The van der Waals surface area contributed by atoms with Crippen LogP contribution in [-0.2, 0) is 9.53 Å². The van der Waals surface area contributed by atoms with E-state index in [0.717, 1.165) is 10.6 Å². The number of carbonyl (C=O) groups is 1. The van der Waals surface area contributed by atoms with Crippen LogP contribution in [0.25, 0.3) is 4.96 Å². The lowest BCUT2D eigenvalue weighted by Gasteiger charge is -2.35. The van der Waals surface area contributed by atoms with Gasteiger partial charge < -0.3 is 14.3 Å². The van der Waals surface area contributed by atoms with Gasteiger partial charge in [0.25, 0.3) is 0 Å². The highest BCUT2D eigenvalue weighted by Crippen LogP contribution is 2.41. The standard InChI is InChI=1S/C17H20N4O4S/c1-10-18-17-21(19-10)15(22)14(26-17)13(12-4-3-9-25-12)20-7-5-11(6-8-20)16(23)24-2/h3-4,9,11,13,22H,5-8H2,1-2H3. The number of carbonyl (C=O) groups excluding carboxylic acids is 1. The number of hydrogen-bond acceptors (Lipinski definition) is 8. The molecule has 138 valence electrons. The summed E-state index contributed by atoms with van der Waals surface area (Å²) in [6.07, 6.45) is 3.05. The van der Waals surface area contributed by atoms with E-state index in [1.807, 2.05) is 12.1 Å². The first-order valence-corrected chi connectivity index (χ1v) is 9.30. The van der Waals surface area contributed by atoms with Crippen molar-refractivity contribution in [1.82, 2.24) is 19.5 Å². The third-order valence-electron chi connectivity index (χ3n) is 4.80. The molecule has 0 radical (unpaired) electrons. The second kappa shape index (κ2) is 6.73.